The van der Waals surface area contributed by atoms with E-state index < -0.39 is 35.4 Å². The summed E-state index contributed by atoms with van der Waals surface area (Å²) in [7, 11) is 0. The molecular weight excluding hydrogens is 418 g/mol. The number of carbonyl (C=O) groups excluding carboxylic acids is 3. The predicted molar refractivity (Wildman–Crippen MR) is 130 cm³/mol. The molecule has 0 aliphatic rings. The first-order valence-electron chi connectivity index (χ1n) is 11.4. The molecule has 0 aliphatic carbocycles. The van der Waals surface area contributed by atoms with Crippen LogP contribution in [0.3, 0.4) is 0 Å². The fourth-order valence-corrected chi connectivity index (χ4v) is 3.51. The Labute approximate surface area is 198 Å². The average molecular weight is 458 g/mol. The van der Waals surface area contributed by atoms with Gasteiger partial charge in [0.05, 0.1) is 11.8 Å². The number of allylic oxidation sites excluding steroid dienone is 1. The van der Waals surface area contributed by atoms with E-state index in [-0.39, 0.29) is 31.3 Å². The van der Waals surface area contributed by atoms with Gasteiger partial charge in [0.25, 0.3) is 0 Å². The van der Waals surface area contributed by atoms with Gasteiger partial charge in [0.15, 0.2) is 0 Å². The van der Waals surface area contributed by atoms with Crippen LogP contribution in [0.5, 0.6) is 0 Å². The summed E-state index contributed by atoms with van der Waals surface area (Å²) in [5.74, 6) is -2.61. The first kappa shape index (κ1) is 28.1. The Morgan fingerprint density at radius 3 is 2.15 bits per heavy atom. The Balaban J connectivity index is 3.20. The van der Waals surface area contributed by atoms with Crippen molar-refractivity contribution in [2.75, 3.05) is 6.61 Å². The lowest BCUT2D eigenvalue weighted by molar-refractivity contribution is -0.159. The fourth-order valence-electron chi connectivity index (χ4n) is 3.51. The largest absolute Gasteiger partial charge is 0.461 e. The highest BCUT2D eigenvalue weighted by atomic mass is 16.6. The van der Waals surface area contributed by atoms with Gasteiger partial charge in [0, 0.05) is 6.42 Å². The third-order valence-electron chi connectivity index (χ3n) is 4.91. The topological polar surface area (TPSA) is 81.7 Å². The summed E-state index contributed by atoms with van der Waals surface area (Å²) in [6, 6.07) is 8.53. The van der Waals surface area contributed by atoms with E-state index in [2.05, 4.69) is 18.5 Å². The van der Waals surface area contributed by atoms with Gasteiger partial charge in [-0.3, -0.25) is 9.59 Å². The van der Waals surface area contributed by atoms with Crippen LogP contribution in [0.2, 0.25) is 0 Å². The zero-order valence-electron chi connectivity index (χ0n) is 20.6. The second-order valence-electron chi connectivity index (χ2n) is 9.57. The summed E-state index contributed by atoms with van der Waals surface area (Å²) in [4.78, 5) is 39.1. The van der Waals surface area contributed by atoms with Crippen LogP contribution in [-0.2, 0) is 30.3 Å². The molecule has 1 rings (SSSR count). The Kier molecular flexibility index (Phi) is 11.6. The number of hydrogen-bond acceptors (Lipinski definition) is 5. The lowest BCUT2D eigenvalue weighted by Gasteiger charge is -2.29. The second-order valence-corrected chi connectivity index (χ2v) is 9.57. The summed E-state index contributed by atoms with van der Waals surface area (Å²) in [5.41, 5.74) is 0.190. The Bertz CT molecular complexity index is 794. The minimum atomic E-state index is -0.887. The van der Waals surface area contributed by atoms with Gasteiger partial charge in [-0.05, 0) is 45.1 Å². The Hall–Kier alpha value is -2.89. The minimum absolute atomic E-state index is 0.0665. The normalized spacial score (nSPS) is 14.0. The van der Waals surface area contributed by atoms with Gasteiger partial charge in [0.1, 0.15) is 18.2 Å². The third kappa shape index (κ3) is 10.5. The van der Waals surface area contributed by atoms with Crippen molar-refractivity contribution in [3.63, 3.8) is 0 Å². The standard InChI is InChI=1S/C27H39NO5/c1-8-13-21(25(30)32-16-9-2)22(17-19(3)4)24(29)28-23(26(31)33-27(5,6)7)18-20-14-11-10-12-15-20/h8-12,14-15,19,21-23H,1-2,13,16-18H2,3-7H3,(H,28,29)/t21-,22+,23-/m0/s1. The van der Waals surface area contributed by atoms with Crippen LogP contribution in [0.1, 0.15) is 53.0 Å². The van der Waals surface area contributed by atoms with Gasteiger partial charge in [0.2, 0.25) is 5.91 Å². The van der Waals surface area contributed by atoms with Crippen molar-refractivity contribution >= 4 is 17.8 Å². The number of benzene rings is 1. The monoisotopic (exact) mass is 457 g/mol. The lowest BCUT2D eigenvalue weighted by Crippen LogP contribution is -2.49. The molecule has 3 atom stereocenters. The summed E-state index contributed by atoms with van der Waals surface area (Å²) in [6.07, 6.45) is 4.12. The van der Waals surface area contributed by atoms with E-state index in [1.807, 2.05) is 44.2 Å². The third-order valence-corrected chi connectivity index (χ3v) is 4.91. The predicted octanol–water partition coefficient (Wildman–Crippen LogP) is 4.64. The van der Waals surface area contributed by atoms with E-state index in [1.165, 1.54) is 6.08 Å². The maximum atomic E-state index is 13.5. The number of hydrogen-bond donors (Lipinski definition) is 1. The molecule has 6 nitrogen and oxygen atoms in total. The van der Waals surface area contributed by atoms with Crippen LogP contribution in [0.15, 0.2) is 55.6 Å². The maximum absolute atomic E-state index is 13.5. The van der Waals surface area contributed by atoms with E-state index >= 15 is 0 Å². The van der Waals surface area contributed by atoms with Crippen LogP contribution in [0.25, 0.3) is 0 Å². The molecular formula is C27H39NO5. The molecule has 33 heavy (non-hydrogen) atoms. The van der Waals surface area contributed by atoms with E-state index in [0.717, 1.165) is 5.56 Å². The van der Waals surface area contributed by atoms with Crippen LogP contribution < -0.4 is 5.32 Å². The maximum Gasteiger partial charge on any atom is 0.329 e. The minimum Gasteiger partial charge on any atom is -0.461 e. The van der Waals surface area contributed by atoms with Crippen molar-refractivity contribution in [3.8, 4) is 0 Å². The molecule has 0 aliphatic heterocycles. The molecule has 1 amide bonds. The van der Waals surface area contributed by atoms with E-state index in [4.69, 9.17) is 9.47 Å². The quantitative estimate of drug-likeness (QED) is 0.345. The molecule has 6 heteroatoms. The lowest BCUT2D eigenvalue weighted by atomic mass is 9.82. The molecule has 0 bridgehead atoms. The molecule has 0 aromatic heterocycles. The second kappa shape index (κ2) is 13.6. The SMILES string of the molecule is C=CCOC(=O)[C@@H](CC=C)[C@@H](CC(C)C)C(=O)N[C@@H](Cc1ccccc1)C(=O)OC(C)(C)C. The Morgan fingerprint density at radius 1 is 1.00 bits per heavy atom. The molecule has 0 spiro atoms. The van der Waals surface area contributed by atoms with Gasteiger partial charge in [-0.25, -0.2) is 4.79 Å². The average Bonchev–Trinajstić information content (AvgIpc) is 2.73. The van der Waals surface area contributed by atoms with Crippen LogP contribution in [0, 0.1) is 17.8 Å². The number of amides is 1. The summed E-state index contributed by atoms with van der Waals surface area (Å²) in [5, 5.41) is 2.87. The Morgan fingerprint density at radius 2 is 1.64 bits per heavy atom. The van der Waals surface area contributed by atoms with Crippen molar-refractivity contribution < 1.29 is 23.9 Å². The van der Waals surface area contributed by atoms with Crippen LogP contribution >= 0.6 is 0 Å². The number of esters is 2. The fraction of sp³-hybridized carbons (Fsp3) is 0.519. The summed E-state index contributed by atoms with van der Waals surface area (Å²) < 4.78 is 10.8. The van der Waals surface area contributed by atoms with Crippen LogP contribution in [0.4, 0.5) is 0 Å². The zero-order valence-corrected chi connectivity index (χ0v) is 20.6. The van der Waals surface area contributed by atoms with Gasteiger partial charge < -0.3 is 14.8 Å². The number of carbonyl (C=O) groups is 3. The molecule has 0 saturated heterocycles. The highest BCUT2D eigenvalue weighted by molar-refractivity contribution is 5.89. The van der Waals surface area contributed by atoms with Gasteiger partial charge >= 0.3 is 11.9 Å². The number of ether oxygens (including phenoxy) is 2. The number of nitrogens with one attached hydrogen (secondary N) is 1. The van der Waals surface area contributed by atoms with E-state index in [0.29, 0.717) is 6.42 Å². The van der Waals surface area contributed by atoms with Gasteiger partial charge in [-0.2, -0.15) is 0 Å². The molecule has 1 aromatic carbocycles. The molecule has 1 N–H and O–H groups in total. The zero-order chi connectivity index (χ0) is 25.0. The molecule has 0 heterocycles. The highest BCUT2D eigenvalue weighted by Gasteiger charge is 2.37. The van der Waals surface area contributed by atoms with E-state index in [1.54, 1.807) is 26.8 Å². The van der Waals surface area contributed by atoms with Gasteiger partial charge in [-0.1, -0.05) is 62.9 Å². The van der Waals surface area contributed by atoms with Gasteiger partial charge in [-0.15, -0.1) is 6.58 Å². The summed E-state index contributed by atoms with van der Waals surface area (Å²) >= 11 is 0. The van der Waals surface area contributed by atoms with Crippen LogP contribution in [-0.4, -0.2) is 36.1 Å². The summed E-state index contributed by atoms with van der Waals surface area (Å²) in [6.45, 7) is 16.7. The molecule has 182 valence electrons. The first-order valence-corrected chi connectivity index (χ1v) is 11.4. The smallest absolute Gasteiger partial charge is 0.329 e. The van der Waals surface area contributed by atoms with Crippen molar-refractivity contribution in [1.29, 1.82) is 0 Å². The highest BCUT2D eigenvalue weighted by Crippen LogP contribution is 2.26. The molecule has 0 radical (unpaired) electrons. The van der Waals surface area contributed by atoms with Crippen molar-refractivity contribution in [2.45, 2.75) is 65.5 Å². The first-order chi connectivity index (χ1) is 15.5. The molecule has 0 unspecified atom stereocenters. The van der Waals surface area contributed by atoms with E-state index in [9.17, 15) is 14.4 Å². The molecule has 0 saturated carbocycles. The number of rotatable bonds is 13. The van der Waals surface area contributed by atoms with Crippen molar-refractivity contribution in [2.24, 2.45) is 17.8 Å². The van der Waals surface area contributed by atoms with Crippen molar-refractivity contribution in [1.82, 2.24) is 5.32 Å². The molecule has 1 aromatic rings. The van der Waals surface area contributed by atoms with Crippen molar-refractivity contribution in [3.05, 3.63) is 61.2 Å². The molecule has 0 fully saturated rings.